The van der Waals surface area contributed by atoms with Crippen molar-refractivity contribution in [1.82, 2.24) is 25.0 Å². The number of carbonyl (C=O) groups excluding carboxylic acids is 1. The SMILES string of the molecule is CC[C@@H](C)N(C)CCNC(=O)c1ccc(Cn2cncn2)cc1. The number of likely N-dealkylation sites (N-methyl/N-ethyl adjacent to an activating group) is 1. The molecule has 0 aliphatic carbocycles. The van der Waals surface area contributed by atoms with Crippen molar-refractivity contribution in [2.75, 3.05) is 20.1 Å². The first-order valence-corrected chi connectivity index (χ1v) is 8.00. The van der Waals surface area contributed by atoms with Crippen molar-refractivity contribution in [3.63, 3.8) is 0 Å². The third-order valence-corrected chi connectivity index (χ3v) is 4.12. The van der Waals surface area contributed by atoms with Gasteiger partial charge in [0.2, 0.25) is 0 Å². The van der Waals surface area contributed by atoms with Crippen molar-refractivity contribution < 1.29 is 4.79 Å². The van der Waals surface area contributed by atoms with Crippen LogP contribution in [0.1, 0.15) is 36.2 Å². The highest BCUT2D eigenvalue weighted by molar-refractivity contribution is 5.94. The monoisotopic (exact) mass is 315 g/mol. The zero-order chi connectivity index (χ0) is 16.7. The lowest BCUT2D eigenvalue weighted by atomic mass is 10.1. The molecule has 0 bridgehead atoms. The van der Waals surface area contributed by atoms with E-state index in [1.54, 1.807) is 11.0 Å². The molecular formula is C17H25N5O. The molecule has 0 aliphatic rings. The Hall–Kier alpha value is -2.21. The smallest absolute Gasteiger partial charge is 0.251 e. The largest absolute Gasteiger partial charge is 0.351 e. The Labute approximate surface area is 137 Å². The van der Waals surface area contributed by atoms with Crippen molar-refractivity contribution in [2.24, 2.45) is 0 Å². The van der Waals surface area contributed by atoms with Gasteiger partial charge in [-0.3, -0.25) is 4.79 Å². The molecule has 23 heavy (non-hydrogen) atoms. The van der Waals surface area contributed by atoms with E-state index in [1.165, 1.54) is 6.33 Å². The lowest BCUT2D eigenvalue weighted by molar-refractivity contribution is 0.0947. The van der Waals surface area contributed by atoms with Crippen LogP contribution in [-0.2, 0) is 6.54 Å². The second kappa shape index (κ2) is 8.43. The minimum atomic E-state index is -0.0325. The highest BCUT2D eigenvalue weighted by atomic mass is 16.1. The fourth-order valence-corrected chi connectivity index (χ4v) is 2.24. The topological polar surface area (TPSA) is 63.1 Å². The number of amides is 1. The predicted molar refractivity (Wildman–Crippen MR) is 90.3 cm³/mol. The van der Waals surface area contributed by atoms with Crippen LogP contribution < -0.4 is 5.32 Å². The molecule has 1 N–H and O–H groups in total. The zero-order valence-corrected chi connectivity index (χ0v) is 14.1. The summed E-state index contributed by atoms with van der Waals surface area (Å²) in [5, 5.41) is 7.03. The van der Waals surface area contributed by atoms with E-state index in [-0.39, 0.29) is 5.91 Å². The third-order valence-electron chi connectivity index (χ3n) is 4.12. The standard InChI is InChI=1S/C17H25N5O/c1-4-14(2)21(3)10-9-19-17(23)16-7-5-15(6-8-16)11-22-13-18-12-20-22/h5-8,12-14H,4,9-11H2,1-3H3,(H,19,23)/t14-/m1/s1. The molecule has 1 aromatic carbocycles. The number of carbonyl (C=O) groups is 1. The minimum absolute atomic E-state index is 0.0325. The van der Waals surface area contributed by atoms with Gasteiger partial charge in [0.05, 0.1) is 6.54 Å². The minimum Gasteiger partial charge on any atom is -0.351 e. The summed E-state index contributed by atoms with van der Waals surface area (Å²) in [7, 11) is 2.08. The van der Waals surface area contributed by atoms with Crippen LogP contribution in [0.5, 0.6) is 0 Å². The van der Waals surface area contributed by atoms with Crippen LogP contribution in [0.4, 0.5) is 0 Å². The fraction of sp³-hybridized carbons (Fsp3) is 0.471. The van der Waals surface area contributed by atoms with Crippen molar-refractivity contribution in [3.05, 3.63) is 48.0 Å². The van der Waals surface area contributed by atoms with Crippen molar-refractivity contribution in [1.29, 1.82) is 0 Å². The molecule has 124 valence electrons. The Balaban J connectivity index is 1.81. The van der Waals surface area contributed by atoms with Crippen molar-refractivity contribution in [2.45, 2.75) is 32.9 Å². The van der Waals surface area contributed by atoms with Crippen LogP contribution in [0.2, 0.25) is 0 Å². The first-order valence-electron chi connectivity index (χ1n) is 8.00. The molecular weight excluding hydrogens is 290 g/mol. The molecule has 1 amide bonds. The van der Waals surface area contributed by atoms with E-state index in [0.717, 1.165) is 18.5 Å². The van der Waals surface area contributed by atoms with Gasteiger partial charge in [-0.05, 0) is 38.1 Å². The molecule has 1 aromatic heterocycles. The maximum Gasteiger partial charge on any atom is 0.251 e. The summed E-state index contributed by atoms with van der Waals surface area (Å²) in [6, 6.07) is 8.12. The summed E-state index contributed by atoms with van der Waals surface area (Å²) in [5.74, 6) is -0.0325. The van der Waals surface area contributed by atoms with Crippen LogP contribution in [-0.4, -0.2) is 51.8 Å². The lowest BCUT2D eigenvalue weighted by Gasteiger charge is -2.23. The van der Waals surface area contributed by atoms with Gasteiger partial charge in [0, 0.05) is 24.7 Å². The summed E-state index contributed by atoms with van der Waals surface area (Å²) in [4.78, 5) is 18.3. The van der Waals surface area contributed by atoms with Crippen LogP contribution in [0.25, 0.3) is 0 Å². The van der Waals surface area contributed by atoms with Crippen LogP contribution in [0, 0.1) is 0 Å². The normalized spacial score (nSPS) is 12.3. The number of nitrogens with one attached hydrogen (secondary N) is 1. The van der Waals surface area contributed by atoms with Gasteiger partial charge in [0.25, 0.3) is 5.91 Å². The first-order chi connectivity index (χ1) is 11.1. The highest BCUT2D eigenvalue weighted by Gasteiger charge is 2.08. The summed E-state index contributed by atoms with van der Waals surface area (Å²) in [5.41, 5.74) is 1.77. The van der Waals surface area contributed by atoms with E-state index >= 15 is 0 Å². The molecule has 0 saturated carbocycles. The molecule has 6 heteroatoms. The Bertz CT molecular complexity index is 594. The molecule has 2 rings (SSSR count). The van der Waals surface area contributed by atoms with E-state index in [0.29, 0.717) is 24.7 Å². The average molecular weight is 315 g/mol. The average Bonchev–Trinajstić information content (AvgIpc) is 3.07. The quantitative estimate of drug-likeness (QED) is 0.806. The van der Waals surface area contributed by atoms with Gasteiger partial charge in [0.1, 0.15) is 12.7 Å². The molecule has 0 aliphatic heterocycles. The van der Waals surface area contributed by atoms with E-state index in [4.69, 9.17) is 0 Å². The predicted octanol–water partition coefficient (Wildman–Crippen LogP) is 1.79. The molecule has 0 spiro atoms. The Morgan fingerprint density at radius 2 is 2.09 bits per heavy atom. The van der Waals surface area contributed by atoms with E-state index in [2.05, 4.69) is 41.2 Å². The van der Waals surface area contributed by atoms with Gasteiger partial charge < -0.3 is 10.2 Å². The highest BCUT2D eigenvalue weighted by Crippen LogP contribution is 2.06. The van der Waals surface area contributed by atoms with E-state index in [9.17, 15) is 4.79 Å². The Morgan fingerprint density at radius 1 is 1.35 bits per heavy atom. The van der Waals surface area contributed by atoms with Gasteiger partial charge in [-0.2, -0.15) is 5.10 Å². The van der Waals surface area contributed by atoms with Gasteiger partial charge >= 0.3 is 0 Å². The molecule has 0 unspecified atom stereocenters. The Morgan fingerprint density at radius 3 is 2.70 bits per heavy atom. The molecule has 0 radical (unpaired) electrons. The fourth-order valence-electron chi connectivity index (χ4n) is 2.24. The maximum atomic E-state index is 12.1. The number of benzene rings is 1. The molecule has 1 heterocycles. The van der Waals surface area contributed by atoms with Gasteiger partial charge in [-0.25, -0.2) is 9.67 Å². The van der Waals surface area contributed by atoms with E-state index < -0.39 is 0 Å². The second-order valence-corrected chi connectivity index (χ2v) is 5.78. The van der Waals surface area contributed by atoms with Crippen LogP contribution in [0.15, 0.2) is 36.9 Å². The van der Waals surface area contributed by atoms with Crippen molar-refractivity contribution in [3.8, 4) is 0 Å². The second-order valence-electron chi connectivity index (χ2n) is 5.78. The summed E-state index contributed by atoms with van der Waals surface area (Å²) < 4.78 is 1.75. The van der Waals surface area contributed by atoms with Crippen LogP contribution >= 0.6 is 0 Å². The van der Waals surface area contributed by atoms with Gasteiger partial charge in [-0.1, -0.05) is 19.1 Å². The van der Waals surface area contributed by atoms with E-state index in [1.807, 2.05) is 24.3 Å². The maximum absolute atomic E-state index is 12.1. The first kappa shape index (κ1) is 17.1. The lowest BCUT2D eigenvalue weighted by Crippen LogP contribution is -2.37. The van der Waals surface area contributed by atoms with Crippen LogP contribution in [0.3, 0.4) is 0 Å². The summed E-state index contributed by atoms with van der Waals surface area (Å²) in [6.45, 7) is 6.52. The molecule has 0 fully saturated rings. The van der Waals surface area contributed by atoms with Crippen molar-refractivity contribution >= 4 is 5.91 Å². The molecule has 1 atom stereocenters. The van der Waals surface area contributed by atoms with Gasteiger partial charge in [-0.15, -0.1) is 0 Å². The number of rotatable bonds is 8. The number of nitrogens with zero attached hydrogens (tertiary/aromatic N) is 4. The Kier molecular flexibility index (Phi) is 6.29. The third kappa shape index (κ3) is 5.17. The molecule has 0 saturated heterocycles. The summed E-state index contributed by atoms with van der Waals surface area (Å²) in [6.07, 6.45) is 4.30. The number of aromatic nitrogens is 3. The number of hydrogen-bond donors (Lipinski definition) is 1. The molecule has 6 nitrogen and oxygen atoms in total. The molecule has 2 aromatic rings. The number of hydrogen-bond acceptors (Lipinski definition) is 4. The zero-order valence-electron chi connectivity index (χ0n) is 14.1. The summed E-state index contributed by atoms with van der Waals surface area (Å²) >= 11 is 0. The van der Waals surface area contributed by atoms with Gasteiger partial charge in [0.15, 0.2) is 0 Å².